The molecule has 1 amide bonds. The summed E-state index contributed by atoms with van der Waals surface area (Å²) < 4.78 is 5.58. The SMILES string of the molecule is CCC1(CNC2CC(C)N(C)C2)CCCN(C(=O)OC(C)(C)C)C1. The molecule has 0 spiro atoms. The number of hydrogen-bond acceptors (Lipinski definition) is 4. The average Bonchev–Trinajstić information content (AvgIpc) is 2.82. The van der Waals surface area contributed by atoms with Crippen molar-refractivity contribution in [1.82, 2.24) is 15.1 Å². The second kappa shape index (κ2) is 7.61. The number of carbonyl (C=O) groups is 1. The monoisotopic (exact) mass is 339 g/mol. The summed E-state index contributed by atoms with van der Waals surface area (Å²) in [7, 11) is 2.20. The van der Waals surface area contributed by atoms with Crippen LogP contribution >= 0.6 is 0 Å². The smallest absolute Gasteiger partial charge is 0.410 e. The maximum atomic E-state index is 12.4. The Kier molecular flexibility index (Phi) is 6.19. The van der Waals surface area contributed by atoms with Crippen LogP contribution in [0.4, 0.5) is 4.79 Å². The predicted molar refractivity (Wildman–Crippen MR) is 98.3 cm³/mol. The molecular weight excluding hydrogens is 302 g/mol. The van der Waals surface area contributed by atoms with Gasteiger partial charge in [-0.15, -0.1) is 0 Å². The van der Waals surface area contributed by atoms with Crippen LogP contribution in [-0.4, -0.2) is 66.8 Å². The highest BCUT2D eigenvalue weighted by Crippen LogP contribution is 2.34. The summed E-state index contributed by atoms with van der Waals surface area (Å²) in [5, 5.41) is 3.79. The van der Waals surface area contributed by atoms with Crippen molar-refractivity contribution in [2.24, 2.45) is 5.41 Å². The van der Waals surface area contributed by atoms with Gasteiger partial charge in [0.05, 0.1) is 0 Å². The highest BCUT2D eigenvalue weighted by Gasteiger charge is 2.38. The van der Waals surface area contributed by atoms with E-state index >= 15 is 0 Å². The van der Waals surface area contributed by atoms with Crippen LogP contribution < -0.4 is 5.32 Å². The first-order valence-corrected chi connectivity index (χ1v) is 9.56. The van der Waals surface area contributed by atoms with E-state index in [-0.39, 0.29) is 11.5 Å². The Hall–Kier alpha value is -0.810. The maximum absolute atomic E-state index is 12.4. The molecule has 24 heavy (non-hydrogen) atoms. The molecular formula is C19H37N3O2. The van der Waals surface area contributed by atoms with Gasteiger partial charge in [-0.3, -0.25) is 0 Å². The van der Waals surface area contributed by atoms with Crippen molar-refractivity contribution >= 4 is 6.09 Å². The lowest BCUT2D eigenvalue weighted by atomic mass is 9.77. The van der Waals surface area contributed by atoms with Gasteiger partial charge in [0.15, 0.2) is 0 Å². The van der Waals surface area contributed by atoms with Crippen molar-refractivity contribution in [3.8, 4) is 0 Å². The molecule has 0 aromatic carbocycles. The lowest BCUT2D eigenvalue weighted by Crippen LogP contribution is -2.52. The van der Waals surface area contributed by atoms with Crippen molar-refractivity contribution < 1.29 is 9.53 Å². The van der Waals surface area contributed by atoms with Gasteiger partial charge in [-0.2, -0.15) is 0 Å². The number of likely N-dealkylation sites (tertiary alicyclic amines) is 2. The molecule has 2 heterocycles. The van der Waals surface area contributed by atoms with Crippen LogP contribution in [0.2, 0.25) is 0 Å². The molecule has 0 aliphatic carbocycles. The molecule has 3 atom stereocenters. The number of ether oxygens (including phenoxy) is 1. The largest absolute Gasteiger partial charge is 0.444 e. The maximum Gasteiger partial charge on any atom is 0.410 e. The highest BCUT2D eigenvalue weighted by atomic mass is 16.6. The quantitative estimate of drug-likeness (QED) is 0.855. The van der Waals surface area contributed by atoms with E-state index in [0.717, 1.165) is 39.0 Å². The summed E-state index contributed by atoms with van der Waals surface area (Å²) in [6.07, 6.45) is 4.40. The number of rotatable bonds is 4. The fourth-order valence-electron chi connectivity index (χ4n) is 3.95. The van der Waals surface area contributed by atoms with Crippen LogP contribution in [0.5, 0.6) is 0 Å². The number of likely N-dealkylation sites (N-methyl/N-ethyl adjacent to an activating group) is 1. The van der Waals surface area contributed by atoms with Gasteiger partial charge >= 0.3 is 6.09 Å². The molecule has 0 radical (unpaired) electrons. The summed E-state index contributed by atoms with van der Waals surface area (Å²) in [6.45, 7) is 14.1. The summed E-state index contributed by atoms with van der Waals surface area (Å²) in [4.78, 5) is 16.8. The third-order valence-electron chi connectivity index (χ3n) is 5.72. The number of carbonyl (C=O) groups excluding carboxylic acids is 1. The Balaban J connectivity index is 1.92. The Morgan fingerprint density at radius 3 is 2.62 bits per heavy atom. The number of nitrogens with one attached hydrogen (secondary N) is 1. The van der Waals surface area contributed by atoms with Gasteiger partial charge in [-0.25, -0.2) is 4.79 Å². The van der Waals surface area contributed by atoms with Gasteiger partial charge in [0, 0.05) is 43.7 Å². The zero-order chi connectivity index (χ0) is 18.0. The second-order valence-corrected chi connectivity index (χ2v) is 8.96. The summed E-state index contributed by atoms with van der Waals surface area (Å²) >= 11 is 0. The van der Waals surface area contributed by atoms with Crippen LogP contribution in [0.3, 0.4) is 0 Å². The van der Waals surface area contributed by atoms with Crippen molar-refractivity contribution in [3.05, 3.63) is 0 Å². The van der Waals surface area contributed by atoms with Gasteiger partial charge < -0.3 is 19.9 Å². The van der Waals surface area contributed by atoms with Gasteiger partial charge in [-0.1, -0.05) is 6.92 Å². The van der Waals surface area contributed by atoms with E-state index in [4.69, 9.17) is 4.74 Å². The van der Waals surface area contributed by atoms with E-state index in [1.807, 2.05) is 25.7 Å². The fraction of sp³-hybridized carbons (Fsp3) is 0.947. The molecule has 140 valence electrons. The molecule has 0 saturated carbocycles. The number of piperidine rings is 1. The second-order valence-electron chi connectivity index (χ2n) is 8.96. The van der Waals surface area contributed by atoms with Crippen molar-refractivity contribution in [1.29, 1.82) is 0 Å². The normalized spacial score (nSPS) is 32.2. The first kappa shape index (κ1) is 19.5. The minimum Gasteiger partial charge on any atom is -0.444 e. The average molecular weight is 340 g/mol. The number of hydrogen-bond donors (Lipinski definition) is 1. The van der Waals surface area contributed by atoms with Crippen LogP contribution in [-0.2, 0) is 4.74 Å². The molecule has 0 aromatic heterocycles. The number of nitrogens with zero attached hydrogens (tertiary/aromatic N) is 2. The van der Waals surface area contributed by atoms with E-state index in [1.165, 1.54) is 12.8 Å². The fourth-order valence-corrected chi connectivity index (χ4v) is 3.95. The first-order chi connectivity index (χ1) is 11.1. The van der Waals surface area contributed by atoms with E-state index in [1.54, 1.807) is 0 Å². The zero-order valence-corrected chi connectivity index (χ0v) is 16.5. The Morgan fingerprint density at radius 1 is 1.38 bits per heavy atom. The standard InChI is InChI=1S/C19H37N3O2/c1-7-19(13-20-16-11-15(2)21(6)12-16)9-8-10-22(14-19)17(23)24-18(3,4)5/h15-16,20H,7-14H2,1-6H3. The molecule has 2 fully saturated rings. The molecule has 2 rings (SSSR count). The summed E-state index contributed by atoms with van der Waals surface area (Å²) in [5.41, 5.74) is -0.244. The molecule has 5 heteroatoms. The van der Waals surface area contributed by atoms with Crippen molar-refractivity contribution in [2.45, 2.75) is 78.0 Å². The molecule has 0 aromatic rings. The molecule has 2 aliphatic rings. The summed E-state index contributed by atoms with van der Waals surface area (Å²) in [6, 6.07) is 1.23. The minimum atomic E-state index is -0.424. The van der Waals surface area contributed by atoms with Crippen LogP contribution in [0, 0.1) is 5.41 Å². The number of amides is 1. The third kappa shape index (κ3) is 5.09. The van der Waals surface area contributed by atoms with Crippen molar-refractivity contribution in [3.63, 3.8) is 0 Å². The first-order valence-electron chi connectivity index (χ1n) is 9.56. The molecule has 2 aliphatic heterocycles. The van der Waals surface area contributed by atoms with E-state index in [2.05, 4.69) is 31.1 Å². The third-order valence-corrected chi connectivity index (χ3v) is 5.72. The molecule has 3 unspecified atom stereocenters. The molecule has 2 saturated heterocycles. The minimum absolute atomic E-state index is 0.158. The van der Waals surface area contributed by atoms with Gasteiger partial charge in [0.25, 0.3) is 0 Å². The molecule has 1 N–H and O–H groups in total. The van der Waals surface area contributed by atoms with Crippen LogP contribution in [0.15, 0.2) is 0 Å². The van der Waals surface area contributed by atoms with Crippen LogP contribution in [0.25, 0.3) is 0 Å². The van der Waals surface area contributed by atoms with E-state index in [9.17, 15) is 4.79 Å². The van der Waals surface area contributed by atoms with Crippen molar-refractivity contribution in [2.75, 3.05) is 33.2 Å². The van der Waals surface area contributed by atoms with E-state index in [0.29, 0.717) is 12.1 Å². The lowest BCUT2D eigenvalue weighted by molar-refractivity contribution is 0.00302. The highest BCUT2D eigenvalue weighted by molar-refractivity contribution is 5.68. The van der Waals surface area contributed by atoms with E-state index < -0.39 is 5.60 Å². The molecule has 0 bridgehead atoms. The predicted octanol–water partition coefficient (Wildman–Crippen LogP) is 3.10. The lowest BCUT2D eigenvalue weighted by Gasteiger charge is -2.43. The van der Waals surface area contributed by atoms with Gasteiger partial charge in [0.1, 0.15) is 5.60 Å². The van der Waals surface area contributed by atoms with Gasteiger partial charge in [0.2, 0.25) is 0 Å². The molecule has 5 nitrogen and oxygen atoms in total. The Labute approximate surface area is 148 Å². The Morgan fingerprint density at radius 2 is 2.08 bits per heavy atom. The Bertz CT molecular complexity index is 425. The van der Waals surface area contributed by atoms with Gasteiger partial charge in [-0.05, 0) is 60.4 Å². The summed E-state index contributed by atoms with van der Waals surface area (Å²) in [5.74, 6) is 0. The topological polar surface area (TPSA) is 44.8 Å². The van der Waals surface area contributed by atoms with Crippen LogP contribution in [0.1, 0.15) is 60.3 Å². The zero-order valence-electron chi connectivity index (χ0n) is 16.5.